The summed E-state index contributed by atoms with van der Waals surface area (Å²) in [5.74, 6) is 0. The van der Waals surface area contributed by atoms with E-state index in [1.165, 1.54) is 46.9 Å². The largest absolute Gasteiger partial charge is 0.455 e. The number of hydrogen-bond donors (Lipinski definition) is 0. The van der Waals surface area contributed by atoms with Crippen molar-refractivity contribution < 1.29 is 4.42 Å². The van der Waals surface area contributed by atoms with Gasteiger partial charge < -0.3 is 4.42 Å². The van der Waals surface area contributed by atoms with E-state index in [1.54, 1.807) is 0 Å². The summed E-state index contributed by atoms with van der Waals surface area (Å²) in [7, 11) is -0.772. The number of benzene rings is 5. The van der Waals surface area contributed by atoms with Crippen LogP contribution in [0.2, 0.25) is 0 Å². The van der Waals surface area contributed by atoms with Gasteiger partial charge in [-0.05, 0) is 36.7 Å². The predicted molar refractivity (Wildman–Crippen MR) is 145 cm³/mol. The molecule has 0 aliphatic rings. The van der Waals surface area contributed by atoms with Crippen molar-refractivity contribution in [3.63, 3.8) is 0 Å². The van der Waals surface area contributed by atoms with Crippen molar-refractivity contribution in [1.82, 2.24) is 0 Å². The van der Waals surface area contributed by atoms with E-state index < -0.39 is 7.92 Å². The molecule has 0 radical (unpaired) electrons. The molecular weight excluding hydrogens is 439 g/mol. The lowest BCUT2D eigenvalue weighted by Crippen LogP contribution is -2.20. The Hall–Kier alpha value is -3.45. The van der Waals surface area contributed by atoms with E-state index in [-0.39, 0.29) is 0 Å². The van der Waals surface area contributed by atoms with Crippen molar-refractivity contribution in [3.8, 4) is 0 Å². The Kier molecular flexibility index (Phi) is 4.36. The second-order valence-corrected chi connectivity index (χ2v) is 11.5. The number of rotatable bonds is 3. The van der Waals surface area contributed by atoms with Gasteiger partial charge in [-0.25, -0.2) is 0 Å². The molecule has 0 saturated heterocycles. The summed E-state index contributed by atoms with van der Waals surface area (Å²) in [5.41, 5.74) is 1.95. The number of thiophene rings is 1. The van der Waals surface area contributed by atoms with Gasteiger partial charge in [0.25, 0.3) is 0 Å². The quantitative estimate of drug-likeness (QED) is 0.247. The summed E-state index contributed by atoms with van der Waals surface area (Å²) in [4.78, 5) is 0. The summed E-state index contributed by atoms with van der Waals surface area (Å²) in [5, 5.41) is 9.00. The summed E-state index contributed by atoms with van der Waals surface area (Å²) in [6.07, 6.45) is 0. The van der Waals surface area contributed by atoms with E-state index in [0.717, 1.165) is 11.2 Å². The number of para-hydroxylation sites is 2. The normalized spacial score (nSPS) is 12.7. The highest BCUT2D eigenvalue weighted by molar-refractivity contribution is 7.80. The zero-order valence-corrected chi connectivity index (χ0v) is 19.4. The Morgan fingerprint density at radius 3 is 2.15 bits per heavy atom. The fourth-order valence-electron chi connectivity index (χ4n) is 4.77. The number of furan rings is 1. The van der Waals surface area contributed by atoms with Crippen LogP contribution in [0, 0.1) is 0 Å². The highest BCUT2D eigenvalue weighted by Crippen LogP contribution is 2.41. The molecule has 0 saturated carbocycles. The van der Waals surface area contributed by atoms with Gasteiger partial charge in [-0.2, -0.15) is 0 Å². The van der Waals surface area contributed by atoms with E-state index in [1.807, 2.05) is 17.4 Å². The Morgan fingerprint density at radius 2 is 1.24 bits per heavy atom. The Labute approximate surface area is 196 Å². The SMILES string of the molecule is c1ccc([P@@](c2ccc3c(c2)sc2ccccc23)c2cccc3c2oc2ccccc23)cc1. The van der Waals surface area contributed by atoms with Crippen LogP contribution in [0.25, 0.3) is 42.1 Å². The van der Waals surface area contributed by atoms with Gasteiger partial charge in [-0.1, -0.05) is 97.1 Å². The van der Waals surface area contributed by atoms with Gasteiger partial charge >= 0.3 is 0 Å². The maximum Gasteiger partial charge on any atom is 0.143 e. The highest BCUT2D eigenvalue weighted by Gasteiger charge is 2.22. The fourth-order valence-corrected chi connectivity index (χ4v) is 8.41. The highest BCUT2D eigenvalue weighted by atomic mass is 32.1. The van der Waals surface area contributed by atoms with Gasteiger partial charge in [0, 0.05) is 36.2 Å². The van der Waals surface area contributed by atoms with Gasteiger partial charge in [-0.15, -0.1) is 11.3 Å². The molecule has 0 N–H and O–H groups in total. The van der Waals surface area contributed by atoms with Crippen LogP contribution in [0.1, 0.15) is 0 Å². The first-order valence-corrected chi connectivity index (χ1v) is 13.2. The maximum atomic E-state index is 6.46. The topological polar surface area (TPSA) is 13.1 Å². The lowest BCUT2D eigenvalue weighted by Gasteiger charge is -2.19. The molecule has 0 unspecified atom stereocenters. The van der Waals surface area contributed by atoms with E-state index in [4.69, 9.17) is 4.42 Å². The second-order valence-electron chi connectivity index (χ2n) is 8.20. The fraction of sp³-hybridized carbons (Fsp3) is 0. The molecule has 3 heteroatoms. The zero-order chi connectivity index (χ0) is 21.8. The second kappa shape index (κ2) is 7.56. The Morgan fingerprint density at radius 1 is 0.515 bits per heavy atom. The molecule has 0 aliphatic carbocycles. The van der Waals surface area contributed by atoms with Crippen LogP contribution in [0.3, 0.4) is 0 Å². The molecule has 1 atom stereocenters. The van der Waals surface area contributed by atoms with Gasteiger partial charge in [-0.3, -0.25) is 0 Å². The molecule has 0 bridgehead atoms. The van der Waals surface area contributed by atoms with Crippen LogP contribution in [0.4, 0.5) is 0 Å². The van der Waals surface area contributed by atoms with Crippen LogP contribution in [-0.2, 0) is 0 Å². The van der Waals surface area contributed by atoms with Crippen molar-refractivity contribution in [2.75, 3.05) is 0 Å². The molecule has 2 aromatic heterocycles. The van der Waals surface area contributed by atoms with Crippen LogP contribution in [0.15, 0.2) is 120 Å². The lowest BCUT2D eigenvalue weighted by atomic mass is 10.1. The van der Waals surface area contributed by atoms with E-state index >= 15 is 0 Å². The molecule has 1 nitrogen and oxygen atoms in total. The minimum atomic E-state index is -0.772. The van der Waals surface area contributed by atoms with Gasteiger partial charge in [0.2, 0.25) is 0 Å². The summed E-state index contributed by atoms with van der Waals surface area (Å²) in [6, 6.07) is 41.5. The third-order valence-electron chi connectivity index (χ3n) is 6.26. The standard InChI is InChI=1S/C30H19OPS/c1-2-9-20(10-3-1)32(21-17-18-24-23-12-5-7-16-28(23)33-29(24)19-21)27-15-8-13-25-22-11-4-6-14-26(22)31-30(25)27/h1-19H/t32-/m0/s1. The first-order valence-electron chi connectivity index (χ1n) is 11.0. The van der Waals surface area contributed by atoms with Crippen molar-refractivity contribution in [2.24, 2.45) is 0 Å². The van der Waals surface area contributed by atoms with Gasteiger partial charge in [0.05, 0.1) is 0 Å². The van der Waals surface area contributed by atoms with Crippen molar-refractivity contribution >= 4 is 77.3 Å². The van der Waals surface area contributed by atoms with Crippen molar-refractivity contribution in [1.29, 1.82) is 0 Å². The average molecular weight is 459 g/mol. The van der Waals surface area contributed by atoms with Crippen LogP contribution in [-0.4, -0.2) is 0 Å². The minimum absolute atomic E-state index is 0.772. The lowest BCUT2D eigenvalue weighted by molar-refractivity contribution is 0.671. The summed E-state index contributed by atoms with van der Waals surface area (Å²) >= 11 is 1.88. The minimum Gasteiger partial charge on any atom is -0.455 e. The zero-order valence-electron chi connectivity index (χ0n) is 17.7. The number of fused-ring (bicyclic) bond motifs is 6. The molecule has 0 spiro atoms. The summed E-state index contributed by atoms with van der Waals surface area (Å²) < 4.78 is 9.14. The Balaban J connectivity index is 1.51. The molecule has 0 amide bonds. The molecule has 0 fully saturated rings. The van der Waals surface area contributed by atoms with Gasteiger partial charge in [0.15, 0.2) is 0 Å². The van der Waals surface area contributed by atoms with Crippen LogP contribution >= 0.6 is 19.3 Å². The molecule has 0 aliphatic heterocycles. The Bertz CT molecular complexity index is 1780. The molecule has 156 valence electrons. The van der Waals surface area contributed by atoms with Gasteiger partial charge in [0.1, 0.15) is 11.2 Å². The predicted octanol–water partition coefficient (Wildman–Crippen LogP) is 7.71. The van der Waals surface area contributed by atoms with E-state index in [0.29, 0.717) is 0 Å². The monoisotopic (exact) mass is 458 g/mol. The maximum absolute atomic E-state index is 6.46. The third kappa shape index (κ3) is 3.03. The summed E-state index contributed by atoms with van der Waals surface area (Å²) in [6.45, 7) is 0. The van der Waals surface area contributed by atoms with E-state index in [9.17, 15) is 0 Å². The smallest absolute Gasteiger partial charge is 0.143 e. The van der Waals surface area contributed by atoms with Crippen LogP contribution in [0.5, 0.6) is 0 Å². The molecular formula is C30H19OPS. The van der Waals surface area contributed by atoms with Crippen molar-refractivity contribution in [2.45, 2.75) is 0 Å². The van der Waals surface area contributed by atoms with Crippen LogP contribution < -0.4 is 15.9 Å². The van der Waals surface area contributed by atoms with Crippen molar-refractivity contribution in [3.05, 3.63) is 115 Å². The first kappa shape index (κ1) is 19.1. The molecule has 7 aromatic rings. The average Bonchev–Trinajstić information content (AvgIpc) is 3.43. The molecule has 2 heterocycles. The van der Waals surface area contributed by atoms with E-state index in [2.05, 4.69) is 109 Å². The molecule has 5 aromatic carbocycles. The number of hydrogen-bond acceptors (Lipinski definition) is 2. The molecule has 7 rings (SSSR count). The first-order chi connectivity index (χ1) is 16.4. The third-order valence-corrected chi connectivity index (χ3v) is 9.84. The molecule has 33 heavy (non-hydrogen) atoms.